The van der Waals surface area contributed by atoms with Crippen LogP contribution in [0, 0.1) is 6.92 Å². The van der Waals surface area contributed by atoms with Crippen LogP contribution in [0.15, 0.2) is 28.9 Å². The summed E-state index contributed by atoms with van der Waals surface area (Å²) in [6.45, 7) is 2.41. The van der Waals surface area contributed by atoms with E-state index < -0.39 is 0 Å². The van der Waals surface area contributed by atoms with Crippen molar-refractivity contribution < 1.29 is 9.90 Å². The van der Waals surface area contributed by atoms with Gasteiger partial charge in [0.05, 0.1) is 17.1 Å². The number of carbonyl (C=O) groups excluding carboxylic acids is 1. The molecule has 1 heterocycles. The van der Waals surface area contributed by atoms with Crippen molar-refractivity contribution in [3.8, 4) is 5.75 Å². The molecule has 0 aliphatic rings. The van der Waals surface area contributed by atoms with Gasteiger partial charge in [-0.15, -0.1) is 11.3 Å². The van der Waals surface area contributed by atoms with E-state index in [1.165, 1.54) is 6.07 Å². The number of phenolic OH excluding ortho intramolecular Hbond substituents is 1. The van der Waals surface area contributed by atoms with Crippen molar-refractivity contribution in [3.05, 3.63) is 44.3 Å². The first-order valence-corrected chi connectivity index (χ1v) is 7.23. The largest absolute Gasteiger partial charge is 0.507 e. The fraction of sp³-hybridized carbons (Fsp3) is 0.231. The number of aromatic nitrogens is 1. The molecule has 0 aliphatic heterocycles. The van der Waals surface area contributed by atoms with Crippen molar-refractivity contribution in [1.82, 2.24) is 9.88 Å². The first-order chi connectivity index (χ1) is 8.97. The SMILES string of the molecule is Cc1ncc(CN(C)C(=O)c2ccc(Br)cc2O)s1. The predicted molar refractivity (Wildman–Crippen MR) is 78.5 cm³/mol. The van der Waals surface area contributed by atoms with Crippen molar-refractivity contribution in [2.24, 2.45) is 0 Å². The molecule has 0 radical (unpaired) electrons. The van der Waals surface area contributed by atoms with Gasteiger partial charge in [-0.1, -0.05) is 15.9 Å². The zero-order valence-electron chi connectivity index (χ0n) is 10.6. The maximum atomic E-state index is 12.2. The highest BCUT2D eigenvalue weighted by Crippen LogP contribution is 2.24. The van der Waals surface area contributed by atoms with Gasteiger partial charge in [0.2, 0.25) is 0 Å². The summed E-state index contributed by atoms with van der Waals surface area (Å²) >= 11 is 4.81. The first kappa shape index (κ1) is 14.0. The summed E-state index contributed by atoms with van der Waals surface area (Å²) in [5.41, 5.74) is 0.298. The maximum absolute atomic E-state index is 12.2. The second-order valence-corrected chi connectivity index (χ2v) is 6.40. The van der Waals surface area contributed by atoms with E-state index in [4.69, 9.17) is 0 Å². The Morgan fingerprint density at radius 1 is 1.53 bits per heavy atom. The predicted octanol–water partition coefficient (Wildman–Crippen LogP) is 3.19. The van der Waals surface area contributed by atoms with Gasteiger partial charge in [0.1, 0.15) is 5.75 Å². The summed E-state index contributed by atoms with van der Waals surface area (Å²) in [7, 11) is 1.71. The van der Waals surface area contributed by atoms with Crippen molar-refractivity contribution in [2.45, 2.75) is 13.5 Å². The second-order valence-electron chi connectivity index (χ2n) is 4.17. The van der Waals surface area contributed by atoms with Gasteiger partial charge in [0.25, 0.3) is 5.91 Å². The highest BCUT2D eigenvalue weighted by Gasteiger charge is 2.16. The number of nitrogens with zero attached hydrogens (tertiary/aromatic N) is 2. The Morgan fingerprint density at radius 2 is 2.26 bits per heavy atom. The van der Waals surface area contributed by atoms with Gasteiger partial charge in [0, 0.05) is 22.6 Å². The fourth-order valence-electron chi connectivity index (χ4n) is 1.68. The number of benzene rings is 1. The van der Waals surface area contributed by atoms with Crippen molar-refractivity contribution in [1.29, 1.82) is 0 Å². The summed E-state index contributed by atoms with van der Waals surface area (Å²) in [5.74, 6) is -0.234. The number of hydrogen-bond acceptors (Lipinski definition) is 4. The van der Waals surface area contributed by atoms with Gasteiger partial charge >= 0.3 is 0 Å². The molecule has 0 bridgehead atoms. The summed E-state index contributed by atoms with van der Waals surface area (Å²) in [6.07, 6.45) is 1.77. The summed E-state index contributed by atoms with van der Waals surface area (Å²) in [4.78, 5) is 19.0. The molecule has 2 aromatic rings. The number of halogens is 1. The number of aryl methyl sites for hydroxylation is 1. The van der Waals surface area contributed by atoms with Crippen LogP contribution < -0.4 is 0 Å². The summed E-state index contributed by atoms with van der Waals surface area (Å²) < 4.78 is 0.738. The van der Waals surface area contributed by atoms with E-state index in [0.29, 0.717) is 12.1 Å². The highest BCUT2D eigenvalue weighted by atomic mass is 79.9. The molecule has 1 aromatic carbocycles. The Hall–Kier alpha value is -1.40. The van der Waals surface area contributed by atoms with Crippen molar-refractivity contribution in [3.63, 3.8) is 0 Å². The van der Waals surface area contributed by atoms with Gasteiger partial charge in [0.15, 0.2) is 0 Å². The monoisotopic (exact) mass is 340 g/mol. The molecule has 0 saturated heterocycles. The molecule has 0 unspecified atom stereocenters. The molecule has 0 aliphatic carbocycles. The third-order valence-electron chi connectivity index (χ3n) is 2.60. The number of carbonyl (C=O) groups is 1. The van der Waals surface area contributed by atoms with Crippen LogP contribution in [-0.2, 0) is 6.54 Å². The second kappa shape index (κ2) is 5.71. The zero-order chi connectivity index (χ0) is 14.0. The van der Waals surface area contributed by atoms with E-state index in [2.05, 4.69) is 20.9 Å². The van der Waals surface area contributed by atoms with E-state index in [-0.39, 0.29) is 11.7 Å². The van der Waals surface area contributed by atoms with E-state index >= 15 is 0 Å². The standard InChI is InChI=1S/C13H13BrN2O2S/c1-8-15-6-10(19-8)7-16(2)13(18)11-4-3-9(14)5-12(11)17/h3-6,17H,7H2,1-2H3. The summed E-state index contributed by atoms with van der Waals surface area (Å²) in [6, 6.07) is 4.85. The van der Waals surface area contributed by atoms with Crippen LogP contribution in [0.5, 0.6) is 5.75 Å². The number of thiazole rings is 1. The molecular weight excluding hydrogens is 328 g/mol. The minimum absolute atomic E-state index is 0.0216. The lowest BCUT2D eigenvalue weighted by molar-refractivity contribution is 0.0783. The normalized spacial score (nSPS) is 10.5. The van der Waals surface area contributed by atoms with E-state index in [9.17, 15) is 9.90 Å². The third-order valence-corrected chi connectivity index (χ3v) is 3.99. The number of aromatic hydroxyl groups is 1. The van der Waals surface area contributed by atoms with E-state index in [1.54, 1.807) is 41.6 Å². The molecule has 100 valence electrons. The Morgan fingerprint density at radius 3 is 2.84 bits per heavy atom. The topological polar surface area (TPSA) is 53.4 Å². The molecule has 1 aromatic heterocycles. The van der Waals surface area contributed by atoms with Crippen LogP contribution in [0.25, 0.3) is 0 Å². The van der Waals surface area contributed by atoms with Gasteiger partial charge in [-0.25, -0.2) is 4.98 Å². The smallest absolute Gasteiger partial charge is 0.257 e. The van der Waals surface area contributed by atoms with Crippen molar-refractivity contribution in [2.75, 3.05) is 7.05 Å². The lowest BCUT2D eigenvalue weighted by atomic mass is 10.2. The Bertz CT molecular complexity index is 612. The molecular formula is C13H13BrN2O2S. The Labute approximate surface area is 123 Å². The minimum Gasteiger partial charge on any atom is -0.507 e. The average molecular weight is 341 g/mol. The van der Waals surface area contributed by atoms with E-state index in [0.717, 1.165) is 14.4 Å². The third kappa shape index (κ3) is 3.33. The first-order valence-electron chi connectivity index (χ1n) is 5.62. The maximum Gasteiger partial charge on any atom is 0.257 e. The quantitative estimate of drug-likeness (QED) is 0.933. The molecule has 0 saturated carbocycles. The average Bonchev–Trinajstić information content (AvgIpc) is 2.74. The van der Waals surface area contributed by atoms with Crippen LogP contribution in [-0.4, -0.2) is 27.9 Å². The number of hydrogen-bond donors (Lipinski definition) is 1. The van der Waals surface area contributed by atoms with Crippen LogP contribution in [0.4, 0.5) is 0 Å². The van der Waals surface area contributed by atoms with Crippen LogP contribution >= 0.6 is 27.3 Å². The number of phenols is 1. The van der Waals surface area contributed by atoms with Gasteiger partial charge in [-0.3, -0.25) is 4.79 Å². The van der Waals surface area contributed by atoms with Gasteiger partial charge < -0.3 is 10.0 Å². The Balaban J connectivity index is 2.14. The van der Waals surface area contributed by atoms with E-state index in [1.807, 2.05) is 6.92 Å². The molecule has 2 rings (SSSR count). The fourth-order valence-corrected chi connectivity index (χ4v) is 2.87. The molecule has 0 fully saturated rings. The number of rotatable bonds is 3. The lowest BCUT2D eigenvalue weighted by Gasteiger charge is -2.16. The van der Waals surface area contributed by atoms with Crippen LogP contribution in [0.2, 0.25) is 0 Å². The highest BCUT2D eigenvalue weighted by molar-refractivity contribution is 9.10. The van der Waals surface area contributed by atoms with Crippen molar-refractivity contribution >= 4 is 33.2 Å². The molecule has 0 atom stereocenters. The molecule has 0 spiro atoms. The number of amides is 1. The van der Waals surface area contributed by atoms with Gasteiger partial charge in [-0.05, 0) is 25.1 Å². The Kier molecular flexibility index (Phi) is 4.21. The summed E-state index contributed by atoms with van der Waals surface area (Å²) in [5, 5.41) is 10.8. The minimum atomic E-state index is -0.212. The van der Waals surface area contributed by atoms with Crippen LogP contribution in [0.3, 0.4) is 0 Å². The lowest BCUT2D eigenvalue weighted by Crippen LogP contribution is -2.25. The zero-order valence-corrected chi connectivity index (χ0v) is 13.0. The molecule has 1 amide bonds. The molecule has 19 heavy (non-hydrogen) atoms. The van der Waals surface area contributed by atoms with Gasteiger partial charge in [-0.2, -0.15) is 0 Å². The molecule has 1 N–H and O–H groups in total. The van der Waals surface area contributed by atoms with Crippen LogP contribution in [0.1, 0.15) is 20.2 Å². The molecule has 4 nitrogen and oxygen atoms in total. The molecule has 6 heteroatoms.